The van der Waals surface area contributed by atoms with Gasteiger partial charge in [-0.1, -0.05) is 72.8 Å². The molecule has 0 aliphatic carbocycles. The molecule has 178 valence electrons. The van der Waals surface area contributed by atoms with E-state index in [2.05, 4.69) is 10.6 Å². The molecular formula is C26H28N2O5S. The zero-order valence-corrected chi connectivity index (χ0v) is 19.8. The minimum Gasteiger partial charge on any atom is -0.448 e. The van der Waals surface area contributed by atoms with E-state index in [1.165, 1.54) is 0 Å². The molecule has 2 amide bonds. The maximum atomic E-state index is 13.0. The molecule has 0 unspecified atom stereocenters. The van der Waals surface area contributed by atoms with Crippen LogP contribution in [-0.2, 0) is 27.5 Å². The van der Waals surface area contributed by atoms with Gasteiger partial charge in [-0.2, -0.15) is 0 Å². The van der Waals surface area contributed by atoms with Crippen LogP contribution in [0.5, 0.6) is 0 Å². The van der Waals surface area contributed by atoms with Gasteiger partial charge in [0.2, 0.25) is 0 Å². The number of sulfone groups is 1. The smallest absolute Gasteiger partial charge is 0.407 e. The fourth-order valence-electron chi connectivity index (χ4n) is 3.42. The lowest BCUT2D eigenvalue weighted by Crippen LogP contribution is -2.27. The van der Waals surface area contributed by atoms with Crippen LogP contribution in [0.15, 0.2) is 78.9 Å². The Morgan fingerprint density at radius 1 is 0.824 bits per heavy atom. The molecule has 0 saturated carbocycles. The van der Waals surface area contributed by atoms with Gasteiger partial charge in [-0.15, -0.1) is 0 Å². The summed E-state index contributed by atoms with van der Waals surface area (Å²) in [5.74, 6) is -0.404. The van der Waals surface area contributed by atoms with Crippen LogP contribution < -0.4 is 10.6 Å². The maximum Gasteiger partial charge on any atom is 0.407 e. The number of hydrogen-bond donors (Lipinski definition) is 2. The highest BCUT2D eigenvalue weighted by molar-refractivity contribution is 7.90. The Balaban J connectivity index is 1.67. The van der Waals surface area contributed by atoms with Gasteiger partial charge in [0.25, 0.3) is 5.91 Å². The van der Waals surface area contributed by atoms with Gasteiger partial charge in [0.05, 0.1) is 5.75 Å². The van der Waals surface area contributed by atoms with E-state index in [4.69, 9.17) is 4.74 Å². The summed E-state index contributed by atoms with van der Waals surface area (Å²) in [7, 11) is -3.21. The number of alkyl carbamates (subject to hydrolysis) is 1. The van der Waals surface area contributed by atoms with Crippen molar-refractivity contribution in [2.45, 2.75) is 13.0 Å². The first kappa shape index (κ1) is 25.0. The van der Waals surface area contributed by atoms with E-state index in [1.807, 2.05) is 72.8 Å². The van der Waals surface area contributed by atoms with Crippen LogP contribution in [0, 0.1) is 0 Å². The average Bonchev–Trinajstić information content (AvgIpc) is 2.83. The Hall–Kier alpha value is -3.65. The number of carbonyl (C=O) groups is 2. The molecule has 0 heterocycles. The van der Waals surface area contributed by atoms with Crippen LogP contribution in [0.25, 0.3) is 11.1 Å². The highest BCUT2D eigenvalue weighted by atomic mass is 32.2. The zero-order valence-electron chi connectivity index (χ0n) is 19.0. The van der Waals surface area contributed by atoms with E-state index in [-0.39, 0.29) is 24.8 Å². The van der Waals surface area contributed by atoms with E-state index in [0.717, 1.165) is 34.9 Å². The van der Waals surface area contributed by atoms with E-state index in [9.17, 15) is 18.0 Å². The molecule has 0 aliphatic heterocycles. The predicted octanol–water partition coefficient (Wildman–Crippen LogP) is 3.60. The molecule has 34 heavy (non-hydrogen) atoms. The second kappa shape index (κ2) is 12.0. The summed E-state index contributed by atoms with van der Waals surface area (Å²) in [6.07, 6.45) is 1.11. The fraction of sp³-hybridized carbons (Fsp3) is 0.231. The summed E-state index contributed by atoms with van der Waals surface area (Å²) in [5.41, 5.74) is 4.05. The number of amides is 2. The molecule has 0 aromatic heterocycles. The summed E-state index contributed by atoms with van der Waals surface area (Å²) in [5, 5.41) is 5.62. The molecule has 0 saturated heterocycles. The van der Waals surface area contributed by atoms with E-state index >= 15 is 0 Å². The van der Waals surface area contributed by atoms with Crippen LogP contribution in [0.1, 0.15) is 21.5 Å². The molecular weight excluding hydrogens is 452 g/mol. The number of nitrogens with one attached hydrogen (secondary N) is 2. The van der Waals surface area contributed by atoms with E-state index in [0.29, 0.717) is 12.1 Å². The fourth-order valence-corrected chi connectivity index (χ4v) is 3.80. The topological polar surface area (TPSA) is 102 Å². The average molecular weight is 481 g/mol. The van der Waals surface area contributed by atoms with E-state index in [1.54, 1.807) is 6.07 Å². The lowest BCUT2D eigenvalue weighted by atomic mass is 9.95. The quantitative estimate of drug-likeness (QED) is 0.462. The highest BCUT2D eigenvalue weighted by Gasteiger charge is 2.15. The van der Waals surface area contributed by atoms with Crippen molar-refractivity contribution in [3.8, 4) is 11.1 Å². The monoisotopic (exact) mass is 480 g/mol. The summed E-state index contributed by atoms with van der Waals surface area (Å²) >= 11 is 0. The molecule has 3 aromatic carbocycles. The summed E-state index contributed by atoms with van der Waals surface area (Å²) in [6.45, 7) is 0.468. The molecule has 0 fully saturated rings. The minimum atomic E-state index is -3.21. The van der Waals surface area contributed by atoms with Crippen molar-refractivity contribution in [3.63, 3.8) is 0 Å². The van der Waals surface area contributed by atoms with Crippen LogP contribution in [0.4, 0.5) is 4.79 Å². The van der Waals surface area contributed by atoms with Gasteiger partial charge in [0, 0.05) is 24.9 Å². The van der Waals surface area contributed by atoms with E-state index < -0.39 is 15.9 Å². The Morgan fingerprint density at radius 3 is 2.21 bits per heavy atom. The first-order valence-corrected chi connectivity index (χ1v) is 13.0. The summed E-state index contributed by atoms with van der Waals surface area (Å²) < 4.78 is 27.3. The second-order valence-electron chi connectivity index (χ2n) is 7.81. The Kier molecular flexibility index (Phi) is 8.81. The molecule has 0 aliphatic rings. The molecule has 3 rings (SSSR count). The first-order chi connectivity index (χ1) is 16.3. The third-order valence-electron chi connectivity index (χ3n) is 5.13. The number of ether oxygens (including phenoxy) is 1. The second-order valence-corrected chi connectivity index (χ2v) is 10.1. The van der Waals surface area contributed by atoms with Gasteiger partial charge in [-0.05, 0) is 34.7 Å². The van der Waals surface area contributed by atoms with Crippen molar-refractivity contribution in [2.24, 2.45) is 0 Å². The van der Waals surface area contributed by atoms with Crippen molar-refractivity contribution in [1.29, 1.82) is 0 Å². The molecule has 2 N–H and O–H groups in total. The van der Waals surface area contributed by atoms with Crippen LogP contribution >= 0.6 is 0 Å². The van der Waals surface area contributed by atoms with Crippen molar-refractivity contribution in [1.82, 2.24) is 10.6 Å². The highest BCUT2D eigenvalue weighted by Crippen LogP contribution is 2.27. The predicted molar refractivity (Wildman–Crippen MR) is 132 cm³/mol. The SMILES string of the molecule is CS(=O)(=O)CCOC(=O)NCc1ccccc1-c1ccccc1C(=O)NCCc1ccccc1. The Morgan fingerprint density at radius 2 is 1.47 bits per heavy atom. The number of hydrogen-bond acceptors (Lipinski definition) is 5. The van der Waals surface area contributed by atoms with Crippen molar-refractivity contribution >= 4 is 21.8 Å². The molecule has 0 atom stereocenters. The van der Waals surface area contributed by atoms with Crippen LogP contribution in [-0.4, -0.2) is 45.6 Å². The molecule has 0 bridgehead atoms. The van der Waals surface area contributed by atoms with Gasteiger partial charge in [-0.25, -0.2) is 13.2 Å². The van der Waals surface area contributed by atoms with Gasteiger partial charge >= 0.3 is 6.09 Å². The first-order valence-electron chi connectivity index (χ1n) is 10.9. The molecule has 7 nitrogen and oxygen atoms in total. The normalized spacial score (nSPS) is 11.0. The third-order valence-corrected chi connectivity index (χ3v) is 6.04. The van der Waals surface area contributed by atoms with Gasteiger partial charge in [-0.3, -0.25) is 4.79 Å². The number of benzene rings is 3. The van der Waals surface area contributed by atoms with Crippen LogP contribution in [0.3, 0.4) is 0 Å². The lowest BCUT2D eigenvalue weighted by Gasteiger charge is -2.15. The number of rotatable bonds is 10. The van der Waals surface area contributed by atoms with Crippen molar-refractivity contribution in [2.75, 3.05) is 25.2 Å². The Labute approximate surface area is 200 Å². The minimum absolute atomic E-state index is 0.165. The number of carbonyl (C=O) groups excluding carboxylic acids is 2. The van der Waals surface area contributed by atoms with Gasteiger partial charge in [0.1, 0.15) is 6.61 Å². The Bertz CT molecular complexity index is 1230. The maximum absolute atomic E-state index is 13.0. The van der Waals surface area contributed by atoms with Crippen molar-refractivity contribution < 1.29 is 22.7 Å². The summed E-state index contributed by atoms with van der Waals surface area (Å²) in [4.78, 5) is 24.9. The molecule has 0 radical (unpaired) electrons. The van der Waals surface area contributed by atoms with Gasteiger partial charge < -0.3 is 15.4 Å². The molecule has 3 aromatic rings. The largest absolute Gasteiger partial charge is 0.448 e. The molecule has 0 spiro atoms. The molecule has 8 heteroatoms. The third kappa shape index (κ3) is 7.74. The van der Waals surface area contributed by atoms with Crippen molar-refractivity contribution in [3.05, 3.63) is 95.6 Å². The summed E-state index contributed by atoms with van der Waals surface area (Å²) in [6, 6.07) is 24.7. The lowest BCUT2D eigenvalue weighted by molar-refractivity contribution is 0.0954. The van der Waals surface area contributed by atoms with Crippen LogP contribution in [0.2, 0.25) is 0 Å². The van der Waals surface area contributed by atoms with Gasteiger partial charge in [0.15, 0.2) is 9.84 Å². The standard InChI is InChI=1S/C26H28N2O5S/c1-34(31,32)18-17-33-26(30)28-19-21-11-5-6-12-22(21)23-13-7-8-14-24(23)25(29)27-16-15-20-9-3-2-4-10-20/h2-14H,15-19H2,1H3,(H,27,29)(H,28,30). The zero-order chi connectivity index (χ0) is 24.4.